The lowest BCUT2D eigenvalue weighted by Gasteiger charge is -2.36. The number of para-hydroxylation sites is 1. The number of aryl methyl sites for hydroxylation is 1. The number of hydrogen-bond acceptors (Lipinski definition) is 7. The number of fused-ring (bicyclic) bond motifs is 2. The van der Waals surface area contributed by atoms with Gasteiger partial charge in [0.15, 0.2) is 0 Å². The maximum Gasteiger partial charge on any atom is 0.313 e. The lowest BCUT2D eigenvalue weighted by molar-refractivity contribution is -0.164. The van der Waals surface area contributed by atoms with Crippen LogP contribution in [0, 0.1) is 18.8 Å². The van der Waals surface area contributed by atoms with Gasteiger partial charge in [-0.25, -0.2) is 0 Å². The molecule has 2 fully saturated rings. The predicted molar refractivity (Wildman–Crippen MR) is 180 cm³/mol. The van der Waals surface area contributed by atoms with Crippen LogP contribution in [0.2, 0.25) is 5.02 Å². The third-order valence-electron chi connectivity index (χ3n) is 10.2. The minimum atomic E-state index is -1.48. The number of likely N-dealkylation sites (N-methyl/N-ethyl adjacent to an activating group) is 1. The number of anilines is 1. The first-order chi connectivity index (χ1) is 23.1. The first-order valence-corrected chi connectivity index (χ1v) is 17.0. The largest absolute Gasteiger partial charge is 0.455 e. The lowest BCUT2D eigenvalue weighted by Crippen LogP contribution is -2.55. The predicted octanol–water partition coefficient (Wildman–Crippen LogP) is 4.39. The highest BCUT2D eigenvalue weighted by Crippen LogP contribution is 2.54. The summed E-state index contributed by atoms with van der Waals surface area (Å²) in [6.07, 6.45) is 6.95. The summed E-state index contributed by atoms with van der Waals surface area (Å²) in [7, 11) is 1.70. The number of hydrogen-bond donors (Lipinski definition) is 1. The van der Waals surface area contributed by atoms with Crippen molar-refractivity contribution in [3.05, 3.63) is 89.0 Å². The number of aliphatic hydroxyl groups is 1. The second-order valence-electron chi connectivity index (χ2n) is 13.0. The Kier molecular flexibility index (Phi) is 9.79. The fraction of sp³-hybridized carbons (Fsp3) is 0.459. The maximum absolute atomic E-state index is 14.8. The molecule has 3 amide bonds. The van der Waals surface area contributed by atoms with Crippen molar-refractivity contribution < 1.29 is 33.8 Å². The molecular formula is C37H42ClN3O7. The van der Waals surface area contributed by atoms with Gasteiger partial charge in [0.25, 0.3) is 5.91 Å². The van der Waals surface area contributed by atoms with Gasteiger partial charge >= 0.3 is 5.97 Å². The molecule has 0 unspecified atom stereocenters. The van der Waals surface area contributed by atoms with Gasteiger partial charge in [-0.3, -0.25) is 19.2 Å². The van der Waals surface area contributed by atoms with Crippen LogP contribution >= 0.6 is 11.6 Å². The SMILES string of the molecule is Cc1cccc(Cl)c1N1CC=C[C@@]23O[C@H]4/C=C\CCC(=O)N(C)[C@@H](C)[C@H](c5ccccc5)OC(=O)[C@H]4[C@@H]2C(=O)N(CCCCO)[C@H]3C1=O. The van der Waals surface area contributed by atoms with E-state index in [9.17, 15) is 24.3 Å². The van der Waals surface area contributed by atoms with Crippen LogP contribution < -0.4 is 4.90 Å². The van der Waals surface area contributed by atoms with Crippen LogP contribution in [-0.2, 0) is 28.7 Å². The summed E-state index contributed by atoms with van der Waals surface area (Å²) < 4.78 is 13.1. The molecule has 254 valence electrons. The first kappa shape index (κ1) is 33.9. The van der Waals surface area contributed by atoms with E-state index in [2.05, 4.69) is 0 Å². The topological polar surface area (TPSA) is 117 Å². The molecule has 7 atom stereocenters. The van der Waals surface area contributed by atoms with Gasteiger partial charge in [-0.15, -0.1) is 0 Å². The summed E-state index contributed by atoms with van der Waals surface area (Å²) in [5, 5.41) is 9.94. The molecule has 11 heteroatoms. The van der Waals surface area contributed by atoms with Gasteiger partial charge < -0.3 is 29.3 Å². The quantitative estimate of drug-likeness (QED) is 0.274. The molecule has 1 N–H and O–H groups in total. The highest BCUT2D eigenvalue weighted by atomic mass is 35.5. The normalized spacial score (nSPS) is 31.4. The number of aliphatic hydroxyl groups excluding tert-OH is 1. The van der Waals surface area contributed by atoms with Crippen LogP contribution in [0.1, 0.15) is 49.8 Å². The van der Waals surface area contributed by atoms with Crippen molar-refractivity contribution in [2.75, 3.05) is 31.6 Å². The Morgan fingerprint density at radius 3 is 2.50 bits per heavy atom. The smallest absolute Gasteiger partial charge is 0.313 e. The Labute approximate surface area is 285 Å². The number of unbranched alkanes of at least 4 members (excludes halogenated alkanes) is 1. The van der Waals surface area contributed by atoms with Gasteiger partial charge in [-0.05, 0) is 50.3 Å². The van der Waals surface area contributed by atoms with E-state index in [4.69, 9.17) is 21.1 Å². The third-order valence-corrected chi connectivity index (χ3v) is 10.5. The van der Waals surface area contributed by atoms with E-state index in [0.29, 0.717) is 35.5 Å². The summed E-state index contributed by atoms with van der Waals surface area (Å²) in [4.78, 5) is 61.7. The van der Waals surface area contributed by atoms with Gasteiger partial charge in [0.05, 0.1) is 28.8 Å². The monoisotopic (exact) mass is 675 g/mol. The molecule has 1 spiro atoms. The Morgan fingerprint density at radius 2 is 1.77 bits per heavy atom. The van der Waals surface area contributed by atoms with Gasteiger partial charge in [0.2, 0.25) is 11.8 Å². The second kappa shape index (κ2) is 13.9. The van der Waals surface area contributed by atoms with E-state index in [1.54, 1.807) is 41.1 Å². The Bertz CT molecular complexity index is 1610. The average Bonchev–Trinajstić information content (AvgIpc) is 3.46. The van der Waals surface area contributed by atoms with Crippen molar-refractivity contribution in [2.45, 2.75) is 69.4 Å². The molecule has 6 rings (SSSR count). The highest BCUT2D eigenvalue weighted by molar-refractivity contribution is 6.34. The minimum Gasteiger partial charge on any atom is -0.455 e. The van der Waals surface area contributed by atoms with Crippen LogP contribution in [0.3, 0.4) is 0 Å². The van der Waals surface area contributed by atoms with Crippen molar-refractivity contribution in [2.24, 2.45) is 11.8 Å². The lowest BCUT2D eigenvalue weighted by atomic mass is 9.77. The van der Waals surface area contributed by atoms with E-state index in [1.165, 1.54) is 4.90 Å². The maximum atomic E-state index is 14.8. The molecule has 10 nitrogen and oxygen atoms in total. The molecule has 48 heavy (non-hydrogen) atoms. The van der Waals surface area contributed by atoms with Gasteiger partial charge in [0.1, 0.15) is 23.7 Å². The number of nitrogens with zero attached hydrogens (tertiary/aromatic N) is 3. The molecule has 4 aliphatic rings. The van der Waals surface area contributed by atoms with Gasteiger partial charge in [-0.2, -0.15) is 0 Å². The molecule has 4 heterocycles. The van der Waals surface area contributed by atoms with Crippen molar-refractivity contribution in [3.63, 3.8) is 0 Å². The third kappa shape index (κ3) is 5.84. The minimum absolute atomic E-state index is 0.0611. The van der Waals surface area contributed by atoms with Crippen molar-refractivity contribution in [1.82, 2.24) is 9.80 Å². The zero-order valence-electron chi connectivity index (χ0n) is 27.5. The number of allylic oxidation sites excluding steroid dienone is 1. The summed E-state index contributed by atoms with van der Waals surface area (Å²) in [5.41, 5.74) is 0.590. The number of benzene rings is 2. The number of carbonyl (C=O) groups is 4. The fourth-order valence-electron chi connectivity index (χ4n) is 7.69. The van der Waals surface area contributed by atoms with Crippen molar-refractivity contribution in [3.8, 4) is 0 Å². The van der Waals surface area contributed by atoms with Crippen LogP contribution in [-0.4, -0.2) is 89.1 Å². The molecule has 0 aromatic heterocycles. The first-order valence-electron chi connectivity index (χ1n) is 16.6. The molecule has 2 saturated heterocycles. The number of ether oxygens (including phenoxy) is 2. The molecule has 0 aliphatic carbocycles. The zero-order valence-corrected chi connectivity index (χ0v) is 28.2. The molecule has 2 aromatic carbocycles. The number of esters is 1. The molecule has 4 aliphatic heterocycles. The number of cyclic esters (lactones) is 1. The number of carbonyl (C=O) groups excluding carboxylic acids is 4. The number of amides is 3. The van der Waals surface area contributed by atoms with E-state index < -0.39 is 47.7 Å². The Balaban J connectivity index is 1.45. The fourth-order valence-corrected chi connectivity index (χ4v) is 8.01. The second-order valence-corrected chi connectivity index (χ2v) is 13.4. The molecule has 0 radical (unpaired) electrons. The summed E-state index contributed by atoms with van der Waals surface area (Å²) in [5.74, 6) is -3.60. The Morgan fingerprint density at radius 1 is 1.00 bits per heavy atom. The number of likely N-dealkylation sites (tertiary alicyclic amines) is 1. The van der Waals surface area contributed by atoms with Crippen LogP contribution in [0.5, 0.6) is 0 Å². The summed E-state index contributed by atoms with van der Waals surface area (Å²) in [6.45, 7) is 4.03. The zero-order chi connectivity index (χ0) is 34.2. The number of halogens is 1. The van der Waals surface area contributed by atoms with Gasteiger partial charge in [0, 0.05) is 33.2 Å². The van der Waals surface area contributed by atoms with E-state index in [1.807, 2.05) is 62.4 Å². The molecule has 0 bridgehead atoms. The van der Waals surface area contributed by atoms with Crippen molar-refractivity contribution >= 4 is 41.0 Å². The van der Waals surface area contributed by atoms with Crippen LogP contribution in [0.4, 0.5) is 5.69 Å². The standard InChI is InChI=1S/C37H42ClN3O7/c1-23-13-11-16-26(38)31(23)40-21-12-19-37-30(34(44)41(20-9-10-22-42)33(37)35(40)45)29-27(48-37)17-7-8-18-28(43)39(3)24(2)32(47-36(29)46)25-14-5-4-6-15-25/h4-7,11-17,19,24,27,29-30,32-33,42H,8-10,18,20-22H2,1-3H3/b17-7-/t24-,27-,29+,30+,32+,33-,37+/m0/s1. The molecule has 0 saturated carbocycles. The van der Waals surface area contributed by atoms with Crippen LogP contribution in [0.25, 0.3) is 0 Å². The van der Waals surface area contributed by atoms with Crippen molar-refractivity contribution in [1.29, 1.82) is 0 Å². The van der Waals surface area contributed by atoms with E-state index in [-0.39, 0.29) is 43.8 Å². The van der Waals surface area contributed by atoms with Crippen LogP contribution in [0.15, 0.2) is 72.8 Å². The molecular weight excluding hydrogens is 634 g/mol. The number of rotatable bonds is 6. The summed E-state index contributed by atoms with van der Waals surface area (Å²) in [6, 6.07) is 13.1. The highest BCUT2D eigenvalue weighted by Gasteiger charge is 2.72. The van der Waals surface area contributed by atoms with E-state index >= 15 is 0 Å². The molecule has 2 aromatic rings. The summed E-state index contributed by atoms with van der Waals surface area (Å²) >= 11 is 6.66. The van der Waals surface area contributed by atoms with Gasteiger partial charge in [-0.1, -0.05) is 78.4 Å². The average molecular weight is 676 g/mol. The Hall–Kier alpha value is -3.99. The van der Waals surface area contributed by atoms with E-state index in [0.717, 1.165) is 5.56 Å².